The maximum Gasteiger partial charge on any atom is 0.132 e. The summed E-state index contributed by atoms with van der Waals surface area (Å²) in [6, 6.07) is 54.5. The molecule has 0 atom stereocenters. The van der Waals surface area contributed by atoms with E-state index in [-0.39, 0.29) is 0 Å². The first-order valence-corrected chi connectivity index (χ1v) is 19.4. The van der Waals surface area contributed by atoms with Gasteiger partial charge in [0.1, 0.15) is 11.5 Å². The number of aromatic nitrogens is 3. The molecular formula is C49H26N6OS. The third kappa shape index (κ3) is 4.25. The molecule has 3 aromatic heterocycles. The monoisotopic (exact) mass is 746 g/mol. The van der Waals surface area contributed by atoms with Crippen LogP contribution < -0.4 is 9.64 Å². The van der Waals surface area contributed by atoms with Crippen LogP contribution in [0.1, 0.15) is 33.4 Å². The Kier molecular flexibility index (Phi) is 6.49. The van der Waals surface area contributed by atoms with Crippen LogP contribution in [0.5, 0.6) is 11.5 Å². The van der Waals surface area contributed by atoms with Crippen LogP contribution in [0.4, 0.5) is 17.1 Å². The lowest BCUT2D eigenvalue weighted by molar-refractivity contribution is 0.436. The Balaban J connectivity index is 1.15. The smallest absolute Gasteiger partial charge is 0.132 e. The van der Waals surface area contributed by atoms with Crippen molar-refractivity contribution in [2.75, 3.05) is 4.90 Å². The van der Waals surface area contributed by atoms with Gasteiger partial charge in [-0.3, -0.25) is 9.97 Å². The van der Waals surface area contributed by atoms with Crippen molar-refractivity contribution in [3.05, 3.63) is 191 Å². The predicted molar refractivity (Wildman–Crippen MR) is 222 cm³/mol. The second-order valence-corrected chi connectivity index (χ2v) is 15.5. The molecule has 0 unspecified atom stereocenters. The van der Waals surface area contributed by atoms with Crippen LogP contribution >= 0.6 is 11.8 Å². The number of hydrogen-bond acceptors (Lipinski definition) is 7. The fourth-order valence-electron chi connectivity index (χ4n) is 9.29. The molecule has 0 fully saturated rings. The van der Waals surface area contributed by atoms with Crippen molar-refractivity contribution in [3.8, 4) is 40.7 Å². The molecule has 0 saturated carbocycles. The Morgan fingerprint density at radius 1 is 0.526 bits per heavy atom. The van der Waals surface area contributed by atoms with Crippen molar-refractivity contribution >= 4 is 50.6 Å². The minimum Gasteiger partial charge on any atom is -0.457 e. The third-order valence-electron chi connectivity index (χ3n) is 11.6. The Bertz CT molecular complexity index is 3270. The van der Waals surface area contributed by atoms with E-state index in [1.165, 1.54) is 0 Å². The highest BCUT2D eigenvalue weighted by atomic mass is 32.2. The summed E-state index contributed by atoms with van der Waals surface area (Å²) in [6.45, 7) is 0. The molecular weight excluding hydrogens is 721 g/mol. The van der Waals surface area contributed by atoms with Crippen molar-refractivity contribution in [2.24, 2.45) is 0 Å². The van der Waals surface area contributed by atoms with E-state index in [4.69, 9.17) is 14.7 Å². The van der Waals surface area contributed by atoms with Crippen LogP contribution in [-0.2, 0) is 5.41 Å². The van der Waals surface area contributed by atoms with E-state index < -0.39 is 5.41 Å². The zero-order valence-electron chi connectivity index (χ0n) is 30.0. The highest BCUT2D eigenvalue weighted by molar-refractivity contribution is 7.99. The maximum absolute atomic E-state index is 9.81. The van der Waals surface area contributed by atoms with E-state index in [1.807, 2.05) is 67.0 Å². The van der Waals surface area contributed by atoms with Gasteiger partial charge >= 0.3 is 0 Å². The lowest BCUT2D eigenvalue weighted by atomic mass is 9.66. The molecule has 1 spiro atoms. The van der Waals surface area contributed by atoms with Gasteiger partial charge in [0.15, 0.2) is 0 Å². The SMILES string of the molecule is N#Cc1ccc2c(c1)Sc1ccccc1N2c1ccc2c(c1)C1(c3cc(-n4c5ccccc5c5cc(C#N)ccc54)ccc3O2)c2cccnc2-c2ncccc21. The van der Waals surface area contributed by atoms with Gasteiger partial charge in [0.25, 0.3) is 0 Å². The second-order valence-electron chi connectivity index (χ2n) is 14.4. The molecule has 5 heterocycles. The van der Waals surface area contributed by atoms with Crippen LogP contribution in [0.25, 0.3) is 38.9 Å². The van der Waals surface area contributed by atoms with Gasteiger partial charge in [0, 0.05) is 55.5 Å². The fourth-order valence-corrected chi connectivity index (χ4v) is 10.4. The van der Waals surface area contributed by atoms with Gasteiger partial charge in [-0.1, -0.05) is 54.2 Å². The second kappa shape index (κ2) is 11.7. The molecule has 0 amide bonds. The first-order chi connectivity index (χ1) is 28.1. The Labute approximate surface area is 331 Å². The van der Waals surface area contributed by atoms with E-state index >= 15 is 0 Å². The molecule has 1 aliphatic carbocycles. The maximum atomic E-state index is 9.81. The molecule has 0 radical (unpaired) electrons. The molecule has 6 aromatic carbocycles. The van der Waals surface area contributed by atoms with Crippen LogP contribution in [0.15, 0.2) is 168 Å². The summed E-state index contributed by atoms with van der Waals surface area (Å²) >= 11 is 1.68. The van der Waals surface area contributed by atoms with E-state index in [9.17, 15) is 10.5 Å². The minimum atomic E-state index is -0.841. The van der Waals surface area contributed by atoms with Crippen LogP contribution in [0.3, 0.4) is 0 Å². The van der Waals surface area contributed by atoms with Gasteiger partial charge in [-0.2, -0.15) is 10.5 Å². The summed E-state index contributed by atoms with van der Waals surface area (Å²) in [5.41, 5.74) is 12.2. The predicted octanol–water partition coefficient (Wildman–Crippen LogP) is 11.7. The fraction of sp³-hybridized carbons (Fsp3) is 0.0204. The summed E-state index contributed by atoms with van der Waals surface area (Å²) < 4.78 is 9.22. The lowest BCUT2D eigenvalue weighted by Gasteiger charge is -2.40. The largest absolute Gasteiger partial charge is 0.457 e. The first-order valence-electron chi connectivity index (χ1n) is 18.6. The normalized spacial score (nSPS) is 13.8. The molecule has 0 N–H and O–H groups in total. The van der Waals surface area contributed by atoms with Crippen molar-refractivity contribution in [1.82, 2.24) is 14.5 Å². The zero-order valence-corrected chi connectivity index (χ0v) is 30.8. The zero-order chi connectivity index (χ0) is 37.8. The van der Waals surface area contributed by atoms with E-state index in [2.05, 4.69) is 113 Å². The van der Waals surface area contributed by atoms with Gasteiger partial charge in [-0.25, -0.2) is 0 Å². The van der Waals surface area contributed by atoms with Crippen molar-refractivity contribution in [3.63, 3.8) is 0 Å². The number of nitriles is 2. The van der Waals surface area contributed by atoms with Crippen LogP contribution in [0.2, 0.25) is 0 Å². The quantitative estimate of drug-likeness (QED) is 0.174. The molecule has 57 heavy (non-hydrogen) atoms. The molecule has 12 rings (SSSR count). The molecule has 3 aliphatic rings. The number of fused-ring (bicyclic) bond motifs is 14. The summed E-state index contributed by atoms with van der Waals surface area (Å²) in [6.07, 6.45) is 3.68. The average molecular weight is 747 g/mol. The minimum absolute atomic E-state index is 0.623. The van der Waals surface area contributed by atoms with Gasteiger partial charge in [0.05, 0.1) is 62.5 Å². The van der Waals surface area contributed by atoms with Crippen molar-refractivity contribution in [2.45, 2.75) is 15.2 Å². The average Bonchev–Trinajstić information content (AvgIpc) is 3.76. The number of hydrogen-bond donors (Lipinski definition) is 0. The number of rotatable bonds is 2. The van der Waals surface area contributed by atoms with E-state index in [1.54, 1.807) is 11.8 Å². The Morgan fingerprint density at radius 3 is 1.93 bits per heavy atom. The molecule has 2 aliphatic heterocycles. The molecule has 0 saturated heterocycles. The Hall–Kier alpha value is -7.65. The van der Waals surface area contributed by atoms with Crippen molar-refractivity contribution in [1.29, 1.82) is 10.5 Å². The lowest BCUT2D eigenvalue weighted by Crippen LogP contribution is -2.32. The molecule has 264 valence electrons. The van der Waals surface area contributed by atoms with Crippen LogP contribution in [0, 0.1) is 22.7 Å². The third-order valence-corrected chi connectivity index (χ3v) is 12.7. The van der Waals surface area contributed by atoms with Gasteiger partial charge in [0.2, 0.25) is 0 Å². The highest BCUT2D eigenvalue weighted by Gasteiger charge is 2.53. The summed E-state index contributed by atoms with van der Waals surface area (Å²) in [5.74, 6) is 1.51. The standard InChI is InChI=1S/C49H26N6OS/c50-27-29-13-17-40-34(23-29)33-7-1-2-10-39(33)54(40)31-15-19-43-37(25-31)49(35-8-5-21-52-47(35)48-36(49)9-6-22-53-48)38-26-32(16-20-44(38)56-43)55-41-11-3-4-12-45(41)57-46-24-30(28-51)14-18-42(46)55/h1-26H. The Morgan fingerprint density at radius 2 is 1.16 bits per heavy atom. The number of para-hydroxylation sites is 2. The van der Waals surface area contributed by atoms with Gasteiger partial charge < -0.3 is 14.2 Å². The van der Waals surface area contributed by atoms with E-state index in [0.29, 0.717) is 11.1 Å². The number of ether oxygens (including phenoxy) is 1. The molecule has 9 aromatic rings. The number of benzene rings is 6. The van der Waals surface area contributed by atoms with Crippen LogP contribution in [-0.4, -0.2) is 14.5 Å². The van der Waals surface area contributed by atoms with Gasteiger partial charge in [-0.15, -0.1) is 0 Å². The summed E-state index contributed by atoms with van der Waals surface area (Å²) in [5, 5.41) is 21.7. The topological polar surface area (TPSA) is 90.8 Å². The molecule has 8 heteroatoms. The summed E-state index contributed by atoms with van der Waals surface area (Å²) in [7, 11) is 0. The number of anilines is 3. The number of pyridine rings is 2. The first kappa shape index (κ1) is 31.7. The summed E-state index contributed by atoms with van der Waals surface area (Å²) in [4.78, 5) is 14.4. The van der Waals surface area contributed by atoms with E-state index in [0.717, 1.165) is 99.5 Å². The highest BCUT2D eigenvalue weighted by Crippen LogP contribution is 2.63. The molecule has 0 bridgehead atoms. The van der Waals surface area contributed by atoms with Gasteiger partial charge in [-0.05, 0) is 114 Å². The number of nitrogens with zero attached hydrogens (tertiary/aromatic N) is 6. The molecule has 7 nitrogen and oxygen atoms in total. The van der Waals surface area contributed by atoms with Crippen molar-refractivity contribution < 1.29 is 4.74 Å².